The number of fused-ring (bicyclic) bond motifs is 5. The fourth-order valence-corrected chi connectivity index (χ4v) is 5.06. The van der Waals surface area contributed by atoms with E-state index in [1.165, 1.54) is 10.8 Å². The highest BCUT2D eigenvalue weighted by Crippen LogP contribution is 2.42. The molecule has 11 nitrogen and oxygen atoms in total. The van der Waals surface area contributed by atoms with Crippen LogP contribution in [0.5, 0.6) is 5.75 Å². The summed E-state index contributed by atoms with van der Waals surface area (Å²) in [6, 6.07) is 9.26. The number of pyridine rings is 2. The fraction of sp³-hybridized carbons (Fsp3) is 0.269. The molecule has 3 aromatic heterocycles. The minimum Gasteiger partial charge on any atom is -0.490 e. The molecule has 0 spiro atoms. The summed E-state index contributed by atoms with van der Waals surface area (Å²) in [4.78, 5) is 32.5. The summed E-state index contributed by atoms with van der Waals surface area (Å²) in [7, 11) is 1.57. The highest BCUT2D eigenvalue weighted by atomic mass is 16.6. The van der Waals surface area contributed by atoms with Gasteiger partial charge in [0, 0.05) is 16.5 Å². The third-order valence-electron chi connectivity index (χ3n) is 7.26. The first-order valence-corrected chi connectivity index (χ1v) is 11.7. The zero-order chi connectivity index (χ0) is 26.1. The highest BCUT2D eigenvalue weighted by Gasteiger charge is 2.41. The number of imidazole rings is 1. The fourth-order valence-electron chi connectivity index (χ4n) is 5.06. The van der Waals surface area contributed by atoms with Crippen molar-refractivity contribution in [1.29, 1.82) is 0 Å². The van der Waals surface area contributed by atoms with Crippen LogP contribution in [0, 0.1) is 10.1 Å². The normalized spacial score (nSPS) is 17.8. The first kappa shape index (κ1) is 22.9. The van der Waals surface area contributed by atoms with Crippen LogP contribution in [0.2, 0.25) is 0 Å². The smallest absolute Gasteiger partial charge is 0.434 e. The Hall–Kier alpha value is -4.51. The average molecular weight is 501 g/mol. The van der Waals surface area contributed by atoms with Crippen LogP contribution in [-0.4, -0.2) is 29.1 Å². The molecule has 0 bridgehead atoms. The van der Waals surface area contributed by atoms with Crippen LogP contribution in [0.25, 0.3) is 22.3 Å². The number of nitrogens with zero attached hydrogens (tertiary/aromatic N) is 5. The summed E-state index contributed by atoms with van der Waals surface area (Å²) >= 11 is 0. The molecular weight excluding hydrogens is 478 g/mol. The molecule has 0 saturated heterocycles. The molecule has 2 aliphatic rings. The summed E-state index contributed by atoms with van der Waals surface area (Å²) in [5.41, 5.74) is 2.84. The van der Waals surface area contributed by atoms with E-state index in [1.807, 2.05) is 31.2 Å². The minimum absolute atomic E-state index is 0.0713. The zero-order valence-corrected chi connectivity index (χ0v) is 20.2. The lowest BCUT2D eigenvalue weighted by Gasteiger charge is -2.35. The Labute approximate surface area is 210 Å². The number of nitro groups is 1. The molecule has 37 heavy (non-hydrogen) atoms. The van der Waals surface area contributed by atoms with Gasteiger partial charge in [-0.3, -0.25) is 4.79 Å². The van der Waals surface area contributed by atoms with Gasteiger partial charge in [0.15, 0.2) is 5.69 Å². The van der Waals surface area contributed by atoms with Gasteiger partial charge in [0.1, 0.15) is 36.5 Å². The van der Waals surface area contributed by atoms with Crippen LogP contribution in [0.1, 0.15) is 35.7 Å². The molecule has 0 radical (unpaired) electrons. The highest BCUT2D eigenvalue weighted by molar-refractivity contribution is 5.85. The molecule has 0 saturated carbocycles. The number of hydrogen-bond donors (Lipinski definition) is 1. The Kier molecular flexibility index (Phi) is 4.96. The maximum atomic E-state index is 13.4. The number of ether oxygens (including phenoxy) is 2. The first-order valence-electron chi connectivity index (χ1n) is 11.7. The Morgan fingerprint density at radius 2 is 2.14 bits per heavy atom. The van der Waals surface area contributed by atoms with E-state index in [2.05, 4.69) is 11.6 Å². The third kappa shape index (κ3) is 3.34. The quantitative estimate of drug-likeness (QED) is 0.286. The molecule has 4 aromatic rings. The van der Waals surface area contributed by atoms with Crippen molar-refractivity contribution in [2.45, 2.75) is 38.7 Å². The SMILES string of the molecule is C=C1OCc2c(cc3n(c2=O)Cc2cc4cc(OCc5cnc([N+](=O)[O-])n5C)ccc4nc2-3)C1(O)CC. The van der Waals surface area contributed by atoms with Crippen LogP contribution in [-0.2, 0) is 37.1 Å². The second-order valence-electron chi connectivity index (χ2n) is 9.24. The van der Waals surface area contributed by atoms with Crippen molar-refractivity contribution < 1.29 is 19.5 Å². The topological polar surface area (TPSA) is 135 Å². The van der Waals surface area contributed by atoms with Crippen molar-refractivity contribution >= 4 is 16.9 Å². The van der Waals surface area contributed by atoms with Gasteiger partial charge < -0.3 is 29.3 Å². The van der Waals surface area contributed by atoms with E-state index in [9.17, 15) is 20.0 Å². The van der Waals surface area contributed by atoms with Gasteiger partial charge in [0.25, 0.3) is 5.56 Å². The van der Waals surface area contributed by atoms with Crippen molar-refractivity contribution in [2.24, 2.45) is 7.05 Å². The molecule has 2 aliphatic heterocycles. The van der Waals surface area contributed by atoms with Gasteiger partial charge in [-0.25, -0.2) is 9.55 Å². The molecule has 1 N–H and O–H groups in total. The molecule has 0 aliphatic carbocycles. The van der Waals surface area contributed by atoms with E-state index >= 15 is 0 Å². The Bertz CT molecular complexity index is 1700. The van der Waals surface area contributed by atoms with Crippen molar-refractivity contribution in [3.63, 3.8) is 0 Å². The molecular formula is C26H23N5O6. The van der Waals surface area contributed by atoms with Crippen molar-refractivity contribution in [1.82, 2.24) is 19.1 Å². The van der Waals surface area contributed by atoms with Gasteiger partial charge in [-0.15, -0.1) is 0 Å². The Morgan fingerprint density at radius 1 is 1.32 bits per heavy atom. The molecule has 5 heterocycles. The molecule has 0 amide bonds. The van der Waals surface area contributed by atoms with Gasteiger partial charge in [-0.1, -0.05) is 18.5 Å². The largest absolute Gasteiger partial charge is 0.490 e. The van der Waals surface area contributed by atoms with Crippen molar-refractivity contribution in [3.05, 3.63) is 91.7 Å². The monoisotopic (exact) mass is 501 g/mol. The van der Waals surface area contributed by atoms with E-state index in [4.69, 9.17) is 14.5 Å². The number of aliphatic hydroxyl groups is 1. The standard InChI is InChI=1S/C26H23N5O6/c1-4-26(33)14(2)36-13-19-20(26)9-22-23-16(11-30(22)24(19)32)7-15-8-18(5-6-21(15)28-23)37-12-17-10-27-25(29(17)3)31(34)35/h5-10,33H,2,4,11-13H2,1,3H3. The van der Waals surface area contributed by atoms with Crippen LogP contribution in [0.15, 0.2) is 53.7 Å². The summed E-state index contributed by atoms with van der Waals surface area (Å²) in [5.74, 6) is 0.566. The maximum absolute atomic E-state index is 13.4. The summed E-state index contributed by atoms with van der Waals surface area (Å²) in [6.45, 7) is 6.22. The summed E-state index contributed by atoms with van der Waals surface area (Å²) in [5, 5.41) is 23.1. The molecule has 188 valence electrons. The Morgan fingerprint density at radius 3 is 2.86 bits per heavy atom. The molecule has 1 aromatic carbocycles. The van der Waals surface area contributed by atoms with Crippen LogP contribution < -0.4 is 10.3 Å². The third-order valence-corrected chi connectivity index (χ3v) is 7.26. The summed E-state index contributed by atoms with van der Waals surface area (Å²) < 4.78 is 14.5. The summed E-state index contributed by atoms with van der Waals surface area (Å²) in [6.07, 6.45) is 1.75. The minimum atomic E-state index is -1.43. The number of rotatable bonds is 5. The van der Waals surface area contributed by atoms with Crippen molar-refractivity contribution in [2.75, 3.05) is 0 Å². The van der Waals surface area contributed by atoms with E-state index < -0.39 is 10.5 Å². The van der Waals surface area contributed by atoms with Crippen LogP contribution in [0.4, 0.5) is 5.95 Å². The molecule has 1 atom stereocenters. The lowest BCUT2D eigenvalue weighted by Crippen LogP contribution is -2.38. The molecule has 1 unspecified atom stereocenters. The molecule has 6 rings (SSSR count). The predicted molar refractivity (Wildman–Crippen MR) is 133 cm³/mol. The van der Waals surface area contributed by atoms with E-state index in [0.717, 1.165) is 16.5 Å². The van der Waals surface area contributed by atoms with E-state index in [-0.39, 0.29) is 30.5 Å². The zero-order valence-electron chi connectivity index (χ0n) is 20.2. The van der Waals surface area contributed by atoms with Crippen molar-refractivity contribution in [3.8, 4) is 17.1 Å². The maximum Gasteiger partial charge on any atom is 0.434 e. The van der Waals surface area contributed by atoms with E-state index in [1.54, 1.807) is 17.7 Å². The second-order valence-corrected chi connectivity index (χ2v) is 9.24. The molecule has 11 heteroatoms. The van der Waals surface area contributed by atoms with Crippen LogP contribution in [0.3, 0.4) is 0 Å². The van der Waals surface area contributed by atoms with Gasteiger partial charge in [0.05, 0.1) is 36.1 Å². The first-order chi connectivity index (χ1) is 17.7. The second kappa shape index (κ2) is 8.00. The molecule has 0 fully saturated rings. The lowest BCUT2D eigenvalue weighted by molar-refractivity contribution is -0.396. The van der Waals surface area contributed by atoms with Gasteiger partial charge in [-0.2, -0.15) is 0 Å². The van der Waals surface area contributed by atoms with E-state index in [0.29, 0.717) is 46.9 Å². The number of benzene rings is 1. The van der Waals surface area contributed by atoms with Crippen LogP contribution >= 0.6 is 0 Å². The lowest BCUT2D eigenvalue weighted by atomic mass is 9.84. The van der Waals surface area contributed by atoms with Gasteiger partial charge in [-0.05, 0) is 41.7 Å². The Balaban J connectivity index is 1.35. The average Bonchev–Trinajstić information content (AvgIpc) is 3.43. The number of hydrogen-bond acceptors (Lipinski definition) is 8. The van der Waals surface area contributed by atoms with Gasteiger partial charge in [0.2, 0.25) is 0 Å². The predicted octanol–water partition coefficient (Wildman–Crippen LogP) is 3.29. The van der Waals surface area contributed by atoms with Gasteiger partial charge >= 0.3 is 5.95 Å². The number of aromatic nitrogens is 4.